The van der Waals surface area contributed by atoms with Crippen LogP contribution in [0.1, 0.15) is 0 Å². The second-order valence-electron chi connectivity index (χ2n) is 6.50. The van der Waals surface area contributed by atoms with E-state index in [9.17, 15) is 0 Å². The third kappa shape index (κ3) is 3.17. The molecule has 0 atom stereocenters. The fourth-order valence-electron chi connectivity index (χ4n) is 3.37. The van der Waals surface area contributed by atoms with Crippen LogP contribution in [0.5, 0.6) is 0 Å². The van der Waals surface area contributed by atoms with E-state index >= 15 is 0 Å². The summed E-state index contributed by atoms with van der Waals surface area (Å²) in [6.07, 6.45) is 8.85. The third-order valence-corrected chi connectivity index (χ3v) is 4.97. The van der Waals surface area contributed by atoms with E-state index in [1.165, 1.54) is 9.89 Å². The van der Waals surface area contributed by atoms with Crippen molar-refractivity contribution in [1.82, 2.24) is 23.7 Å². The lowest BCUT2D eigenvalue weighted by Crippen LogP contribution is -2.36. The first-order chi connectivity index (χ1) is 13.8. The fourth-order valence-corrected chi connectivity index (χ4v) is 3.51. The Morgan fingerprint density at radius 1 is 1.04 bits per heavy atom. The van der Waals surface area contributed by atoms with Gasteiger partial charge >= 0.3 is 0 Å². The number of benzene rings is 1. The second-order valence-corrected chi connectivity index (χ2v) is 6.85. The summed E-state index contributed by atoms with van der Waals surface area (Å²) in [7, 11) is 0. The molecule has 1 saturated heterocycles. The molecule has 1 aromatic carbocycles. The Morgan fingerprint density at radius 3 is 2.61 bits per heavy atom. The van der Waals surface area contributed by atoms with Crippen molar-refractivity contribution < 1.29 is 4.74 Å². The quantitative estimate of drug-likeness (QED) is 0.572. The first-order valence-electron chi connectivity index (χ1n) is 9.01. The number of anilines is 3. The summed E-state index contributed by atoms with van der Waals surface area (Å²) in [5.74, 6) is 0.686. The predicted molar refractivity (Wildman–Crippen MR) is 108 cm³/mol. The molecular weight excluding hydrogens is 378 g/mol. The number of aromatic nitrogens is 5. The van der Waals surface area contributed by atoms with E-state index in [4.69, 9.17) is 16.5 Å². The smallest absolute Gasteiger partial charge is 0.180 e. The Hall–Kier alpha value is -3.10. The van der Waals surface area contributed by atoms with Crippen molar-refractivity contribution in [3.8, 4) is 11.3 Å². The molecule has 1 N–H and O–H groups in total. The average Bonchev–Trinajstić information content (AvgIpc) is 3.36. The standard InChI is InChI=1S/C19H18ClN7O/c20-27-13-14(11-23-27)17-12-22-19-18(21-5-6-26(17)19)24-15-1-3-16(4-2-15)25-7-9-28-10-8-25/h1-6,11-13H,7-10H2,(H,21,24). The molecule has 142 valence electrons. The zero-order valence-corrected chi connectivity index (χ0v) is 15.8. The van der Waals surface area contributed by atoms with Crippen molar-refractivity contribution in [3.05, 3.63) is 55.2 Å². The molecule has 4 aromatic rings. The van der Waals surface area contributed by atoms with Gasteiger partial charge in [0.25, 0.3) is 0 Å². The Bertz CT molecular complexity index is 1100. The van der Waals surface area contributed by atoms with Gasteiger partial charge in [0, 0.05) is 54.2 Å². The summed E-state index contributed by atoms with van der Waals surface area (Å²) in [5.41, 5.74) is 4.67. The van der Waals surface area contributed by atoms with Crippen molar-refractivity contribution in [3.63, 3.8) is 0 Å². The molecule has 1 fully saturated rings. The maximum absolute atomic E-state index is 5.88. The van der Waals surface area contributed by atoms with Gasteiger partial charge < -0.3 is 15.0 Å². The van der Waals surface area contributed by atoms with Crippen LogP contribution in [0.15, 0.2) is 55.2 Å². The maximum Gasteiger partial charge on any atom is 0.180 e. The highest BCUT2D eigenvalue weighted by Gasteiger charge is 2.13. The van der Waals surface area contributed by atoms with Crippen LogP contribution in [0, 0.1) is 0 Å². The number of ether oxygens (including phenoxy) is 1. The van der Waals surface area contributed by atoms with Crippen molar-refractivity contribution in [1.29, 1.82) is 0 Å². The number of hydrogen-bond acceptors (Lipinski definition) is 6. The van der Waals surface area contributed by atoms with E-state index in [2.05, 4.69) is 49.5 Å². The molecule has 28 heavy (non-hydrogen) atoms. The van der Waals surface area contributed by atoms with Gasteiger partial charge in [-0.1, -0.05) is 0 Å². The van der Waals surface area contributed by atoms with Crippen LogP contribution in [0.4, 0.5) is 17.2 Å². The molecule has 1 aliphatic heterocycles. The number of nitrogens with one attached hydrogen (secondary N) is 1. The number of halogens is 1. The van der Waals surface area contributed by atoms with Crippen LogP contribution in [-0.2, 0) is 4.74 Å². The van der Waals surface area contributed by atoms with E-state index < -0.39 is 0 Å². The number of hydrogen-bond donors (Lipinski definition) is 1. The first kappa shape index (κ1) is 17.0. The molecule has 5 rings (SSSR count). The van der Waals surface area contributed by atoms with E-state index in [1.807, 2.05) is 10.6 Å². The normalized spacial score (nSPS) is 14.5. The molecule has 0 bridgehead atoms. The summed E-state index contributed by atoms with van der Waals surface area (Å²) in [6, 6.07) is 8.33. The Kier molecular flexibility index (Phi) is 4.34. The zero-order chi connectivity index (χ0) is 18.9. The highest BCUT2D eigenvalue weighted by atomic mass is 35.5. The van der Waals surface area contributed by atoms with Crippen LogP contribution < -0.4 is 10.2 Å². The van der Waals surface area contributed by atoms with E-state index in [0.29, 0.717) is 5.82 Å². The van der Waals surface area contributed by atoms with Crippen LogP contribution in [0.2, 0.25) is 0 Å². The maximum atomic E-state index is 5.88. The molecule has 1 aliphatic rings. The largest absolute Gasteiger partial charge is 0.378 e. The first-order valence-corrected chi connectivity index (χ1v) is 9.35. The highest BCUT2D eigenvalue weighted by molar-refractivity contribution is 6.14. The SMILES string of the molecule is Cln1cc(-c2cnc3c(Nc4ccc(N5CCOCC5)cc4)nccn23)cn1. The average molecular weight is 396 g/mol. The number of fused-ring (bicyclic) bond motifs is 1. The van der Waals surface area contributed by atoms with Gasteiger partial charge in [-0.15, -0.1) is 0 Å². The van der Waals surface area contributed by atoms with Gasteiger partial charge in [-0.05, 0) is 24.3 Å². The number of imidazole rings is 1. The number of rotatable bonds is 4. The Morgan fingerprint density at radius 2 is 1.86 bits per heavy atom. The summed E-state index contributed by atoms with van der Waals surface area (Å²) < 4.78 is 8.63. The van der Waals surface area contributed by atoms with Crippen LogP contribution >= 0.6 is 11.8 Å². The van der Waals surface area contributed by atoms with Gasteiger partial charge in [0.05, 0.1) is 37.5 Å². The molecule has 4 heterocycles. The molecule has 0 radical (unpaired) electrons. The minimum atomic E-state index is 0.686. The van der Waals surface area contributed by atoms with E-state index in [1.54, 1.807) is 24.8 Å². The topological polar surface area (TPSA) is 72.5 Å². The molecule has 8 nitrogen and oxygen atoms in total. The van der Waals surface area contributed by atoms with Gasteiger partial charge in [0.15, 0.2) is 11.5 Å². The van der Waals surface area contributed by atoms with Crippen LogP contribution in [0.25, 0.3) is 16.9 Å². The summed E-state index contributed by atoms with van der Waals surface area (Å²) in [5, 5.41) is 7.38. The summed E-state index contributed by atoms with van der Waals surface area (Å²) in [4.78, 5) is 11.3. The van der Waals surface area contributed by atoms with Crippen molar-refractivity contribution >= 4 is 34.6 Å². The summed E-state index contributed by atoms with van der Waals surface area (Å²) >= 11 is 5.88. The van der Waals surface area contributed by atoms with Gasteiger partial charge in [0.1, 0.15) is 0 Å². The van der Waals surface area contributed by atoms with Crippen molar-refractivity contribution in [2.24, 2.45) is 0 Å². The number of nitrogens with zero attached hydrogens (tertiary/aromatic N) is 6. The lowest BCUT2D eigenvalue weighted by Gasteiger charge is -2.28. The second kappa shape index (κ2) is 7.14. The minimum absolute atomic E-state index is 0.686. The van der Waals surface area contributed by atoms with Gasteiger partial charge in [-0.3, -0.25) is 4.40 Å². The van der Waals surface area contributed by atoms with E-state index in [0.717, 1.165) is 48.9 Å². The van der Waals surface area contributed by atoms with Crippen molar-refractivity contribution in [2.45, 2.75) is 0 Å². The predicted octanol–water partition coefficient (Wildman–Crippen LogP) is 3.17. The lowest BCUT2D eigenvalue weighted by molar-refractivity contribution is 0.122. The molecular formula is C19H18ClN7O. The summed E-state index contributed by atoms with van der Waals surface area (Å²) in [6.45, 7) is 3.39. The minimum Gasteiger partial charge on any atom is -0.378 e. The third-order valence-electron chi connectivity index (χ3n) is 4.78. The molecule has 0 unspecified atom stereocenters. The lowest BCUT2D eigenvalue weighted by atomic mass is 10.2. The van der Waals surface area contributed by atoms with Gasteiger partial charge in [-0.25, -0.2) is 9.97 Å². The number of morpholine rings is 1. The van der Waals surface area contributed by atoms with Crippen LogP contribution in [-0.4, -0.2) is 50.0 Å². The van der Waals surface area contributed by atoms with Gasteiger partial charge in [0.2, 0.25) is 0 Å². The molecule has 9 heteroatoms. The van der Waals surface area contributed by atoms with Crippen LogP contribution in [0.3, 0.4) is 0 Å². The highest BCUT2D eigenvalue weighted by Crippen LogP contribution is 2.26. The van der Waals surface area contributed by atoms with E-state index in [-0.39, 0.29) is 0 Å². The fraction of sp³-hybridized carbons (Fsp3) is 0.211. The monoisotopic (exact) mass is 395 g/mol. The molecule has 0 spiro atoms. The molecule has 0 amide bonds. The van der Waals surface area contributed by atoms with Gasteiger partial charge in [-0.2, -0.15) is 9.30 Å². The Balaban J connectivity index is 1.41. The Labute approximate surface area is 166 Å². The molecule has 0 saturated carbocycles. The van der Waals surface area contributed by atoms with Crippen molar-refractivity contribution in [2.75, 3.05) is 36.5 Å². The zero-order valence-electron chi connectivity index (χ0n) is 15.0. The molecule has 3 aromatic heterocycles. The molecule has 0 aliphatic carbocycles.